The lowest BCUT2D eigenvalue weighted by atomic mass is 10.1. The largest absolute Gasteiger partial charge is 0.444 e. The van der Waals surface area contributed by atoms with E-state index >= 15 is 0 Å². The van der Waals surface area contributed by atoms with Gasteiger partial charge in [0.25, 0.3) is 0 Å². The van der Waals surface area contributed by atoms with Crippen molar-refractivity contribution in [2.75, 3.05) is 5.73 Å². The van der Waals surface area contributed by atoms with Crippen molar-refractivity contribution in [1.82, 2.24) is 10.3 Å². The Morgan fingerprint density at radius 2 is 1.96 bits per heavy atom. The molecule has 2 aromatic heterocycles. The van der Waals surface area contributed by atoms with Gasteiger partial charge in [-0.05, 0) is 56.3 Å². The van der Waals surface area contributed by atoms with E-state index in [1.54, 1.807) is 11.3 Å². The molecule has 0 saturated heterocycles. The van der Waals surface area contributed by atoms with Crippen molar-refractivity contribution in [3.8, 4) is 11.3 Å². The van der Waals surface area contributed by atoms with Gasteiger partial charge in [0.1, 0.15) is 10.6 Å². The number of thiophene rings is 1. The first-order chi connectivity index (χ1) is 12.8. The first kappa shape index (κ1) is 19.4. The Balaban J connectivity index is 1.82. The number of carbonyl (C=O) groups is 1. The minimum Gasteiger partial charge on any atom is -0.444 e. The SMILES string of the molecule is CC(C)(C)OC(=O)N[C@@H](Cc1ccc(N)cc1)c1nc(-c2ccsc2)cs1. The van der Waals surface area contributed by atoms with Crippen LogP contribution in [0.5, 0.6) is 0 Å². The molecule has 3 aromatic rings. The summed E-state index contributed by atoms with van der Waals surface area (Å²) in [6, 6.07) is 9.41. The molecule has 27 heavy (non-hydrogen) atoms. The van der Waals surface area contributed by atoms with E-state index in [0.29, 0.717) is 12.1 Å². The van der Waals surface area contributed by atoms with Crippen LogP contribution in [0.25, 0.3) is 11.3 Å². The van der Waals surface area contributed by atoms with E-state index in [9.17, 15) is 4.79 Å². The molecule has 0 saturated carbocycles. The molecule has 1 amide bonds. The number of carbonyl (C=O) groups excluding carboxylic acids is 1. The topological polar surface area (TPSA) is 77.2 Å². The number of thiazole rings is 1. The molecule has 7 heteroatoms. The van der Waals surface area contributed by atoms with Gasteiger partial charge in [-0.15, -0.1) is 11.3 Å². The van der Waals surface area contributed by atoms with Crippen molar-refractivity contribution >= 4 is 34.5 Å². The Bertz CT molecular complexity index is 881. The maximum absolute atomic E-state index is 12.3. The van der Waals surface area contributed by atoms with E-state index in [-0.39, 0.29) is 6.04 Å². The van der Waals surface area contributed by atoms with E-state index < -0.39 is 11.7 Å². The van der Waals surface area contributed by atoms with Crippen LogP contribution in [-0.2, 0) is 11.2 Å². The molecule has 2 heterocycles. The summed E-state index contributed by atoms with van der Waals surface area (Å²) in [6.07, 6.45) is 0.158. The number of nitrogen functional groups attached to an aromatic ring is 1. The van der Waals surface area contributed by atoms with Crippen LogP contribution in [-0.4, -0.2) is 16.7 Å². The van der Waals surface area contributed by atoms with Crippen LogP contribution in [0.1, 0.15) is 37.4 Å². The smallest absolute Gasteiger partial charge is 0.408 e. The van der Waals surface area contributed by atoms with Crippen molar-refractivity contribution in [1.29, 1.82) is 0 Å². The number of ether oxygens (including phenoxy) is 1. The number of nitrogens with two attached hydrogens (primary N) is 1. The molecule has 5 nitrogen and oxygen atoms in total. The second-order valence-corrected chi connectivity index (χ2v) is 8.90. The Kier molecular flexibility index (Phi) is 5.82. The fraction of sp³-hybridized carbons (Fsp3) is 0.300. The summed E-state index contributed by atoms with van der Waals surface area (Å²) in [5.74, 6) is 0. The second-order valence-electron chi connectivity index (χ2n) is 7.23. The molecular weight excluding hydrogens is 378 g/mol. The Morgan fingerprint density at radius 3 is 2.59 bits per heavy atom. The summed E-state index contributed by atoms with van der Waals surface area (Å²) in [5.41, 5.74) is 9.01. The molecule has 0 aliphatic heterocycles. The van der Waals surface area contributed by atoms with Crippen molar-refractivity contribution in [3.63, 3.8) is 0 Å². The number of alkyl carbamates (subject to hydrolysis) is 1. The van der Waals surface area contributed by atoms with Gasteiger partial charge >= 0.3 is 6.09 Å². The highest BCUT2D eigenvalue weighted by Crippen LogP contribution is 2.29. The van der Waals surface area contributed by atoms with E-state index in [0.717, 1.165) is 21.8 Å². The average Bonchev–Trinajstić information content (AvgIpc) is 3.25. The lowest BCUT2D eigenvalue weighted by molar-refractivity contribution is 0.0503. The summed E-state index contributed by atoms with van der Waals surface area (Å²) >= 11 is 3.17. The standard InChI is InChI=1S/C20H23N3O2S2/c1-20(2,3)25-19(24)23-16(10-13-4-6-15(21)7-5-13)18-22-17(12-27-18)14-8-9-26-11-14/h4-9,11-12,16H,10,21H2,1-3H3,(H,23,24)/t16-/m0/s1. The zero-order valence-electron chi connectivity index (χ0n) is 15.6. The number of rotatable bonds is 5. The number of amides is 1. The van der Waals surface area contributed by atoms with E-state index in [4.69, 9.17) is 15.5 Å². The molecule has 0 spiro atoms. The van der Waals surface area contributed by atoms with Crippen LogP contribution in [0.3, 0.4) is 0 Å². The first-order valence-corrected chi connectivity index (χ1v) is 10.4. The molecule has 0 bridgehead atoms. The molecule has 3 rings (SSSR count). The van der Waals surface area contributed by atoms with Crippen LogP contribution in [0.2, 0.25) is 0 Å². The van der Waals surface area contributed by atoms with Crippen molar-refractivity contribution in [2.24, 2.45) is 0 Å². The quantitative estimate of drug-likeness (QED) is 0.572. The van der Waals surface area contributed by atoms with Gasteiger partial charge in [-0.2, -0.15) is 11.3 Å². The van der Waals surface area contributed by atoms with E-state index in [2.05, 4.69) is 10.7 Å². The fourth-order valence-electron chi connectivity index (χ4n) is 2.53. The monoisotopic (exact) mass is 401 g/mol. The number of hydrogen-bond donors (Lipinski definition) is 2. The number of hydrogen-bond acceptors (Lipinski definition) is 6. The maximum Gasteiger partial charge on any atom is 0.408 e. The highest BCUT2D eigenvalue weighted by Gasteiger charge is 2.23. The summed E-state index contributed by atoms with van der Waals surface area (Å²) in [6.45, 7) is 5.54. The van der Waals surface area contributed by atoms with Gasteiger partial charge in [0, 0.05) is 22.0 Å². The van der Waals surface area contributed by atoms with Gasteiger partial charge < -0.3 is 15.8 Å². The van der Waals surface area contributed by atoms with Crippen LogP contribution in [0.4, 0.5) is 10.5 Å². The molecule has 0 aliphatic carbocycles. The second kappa shape index (κ2) is 8.10. The van der Waals surface area contributed by atoms with Gasteiger partial charge in [0.2, 0.25) is 0 Å². The minimum atomic E-state index is -0.555. The van der Waals surface area contributed by atoms with Gasteiger partial charge in [0.05, 0.1) is 11.7 Å². The molecule has 0 aliphatic rings. The highest BCUT2D eigenvalue weighted by atomic mass is 32.1. The van der Waals surface area contributed by atoms with Crippen LogP contribution in [0.15, 0.2) is 46.5 Å². The van der Waals surface area contributed by atoms with Crippen molar-refractivity contribution < 1.29 is 9.53 Å². The lowest BCUT2D eigenvalue weighted by Gasteiger charge is -2.23. The number of nitrogens with zero attached hydrogens (tertiary/aromatic N) is 1. The molecule has 142 valence electrons. The predicted molar refractivity (Wildman–Crippen MR) is 112 cm³/mol. The van der Waals surface area contributed by atoms with Crippen LogP contribution in [0, 0.1) is 0 Å². The van der Waals surface area contributed by atoms with E-state index in [1.165, 1.54) is 11.3 Å². The maximum atomic E-state index is 12.3. The molecule has 1 aromatic carbocycles. The Labute approximate surface area is 167 Å². The lowest BCUT2D eigenvalue weighted by Crippen LogP contribution is -2.35. The van der Waals surface area contributed by atoms with Gasteiger partial charge in [-0.1, -0.05) is 12.1 Å². The highest BCUT2D eigenvalue weighted by molar-refractivity contribution is 7.10. The van der Waals surface area contributed by atoms with Gasteiger partial charge in [0.15, 0.2) is 0 Å². The van der Waals surface area contributed by atoms with Gasteiger partial charge in [-0.25, -0.2) is 9.78 Å². The van der Waals surface area contributed by atoms with Crippen molar-refractivity contribution in [3.05, 3.63) is 57.0 Å². The summed E-state index contributed by atoms with van der Waals surface area (Å²) in [4.78, 5) is 17.1. The zero-order valence-corrected chi connectivity index (χ0v) is 17.2. The van der Waals surface area contributed by atoms with Crippen LogP contribution < -0.4 is 11.1 Å². The Morgan fingerprint density at radius 1 is 1.22 bits per heavy atom. The summed E-state index contributed by atoms with van der Waals surface area (Å²) in [7, 11) is 0. The third-order valence-corrected chi connectivity index (χ3v) is 5.39. The molecular formula is C20H23N3O2S2. The molecule has 1 atom stereocenters. The van der Waals surface area contributed by atoms with E-state index in [1.807, 2.05) is 61.9 Å². The number of benzene rings is 1. The number of anilines is 1. The third-order valence-electron chi connectivity index (χ3n) is 3.75. The number of nitrogens with one attached hydrogen (secondary N) is 1. The first-order valence-electron chi connectivity index (χ1n) is 8.62. The molecule has 0 fully saturated rings. The predicted octanol–water partition coefficient (Wildman–Crippen LogP) is 5.26. The summed E-state index contributed by atoms with van der Waals surface area (Å²) in [5, 5.41) is 9.93. The number of aromatic nitrogens is 1. The molecule has 0 radical (unpaired) electrons. The van der Waals surface area contributed by atoms with Crippen molar-refractivity contribution in [2.45, 2.75) is 38.8 Å². The zero-order chi connectivity index (χ0) is 19.4. The average molecular weight is 402 g/mol. The fourth-order valence-corrected chi connectivity index (χ4v) is 4.06. The van der Waals surface area contributed by atoms with Gasteiger partial charge in [-0.3, -0.25) is 0 Å². The molecule has 0 unspecified atom stereocenters. The third kappa shape index (κ3) is 5.55. The van der Waals surface area contributed by atoms with Crippen LogP contribution >= 0.6 is 22.7 Å². The summed E-state index contributed by atoms with van der Waals surface area (Å²) < 4.78 is 5.43. The Hall–Kier alpha value is -2.38. The normalized spacial score (nSPS) is 12.6. The molecule has 3 N–H and O–H groups in total. The minimum absolute atomic E-state index is 0.277.